The Bertz CT molecular complexity index is 801. The van der Waals surface area contributed by atoms with Crippen LogP contribution in [0.25, 0.3) is 17.1 Å². The first-order valence-corrected chi connectivity index (χ1v) is 6.51. The SMILES string of the molecule is Cc1ccc(-n2nc(C(=O)O)cc2-c2ccco2)cc1C. The Kier molecular flexibility index (Phi) is 3.10. The van der Waals surface area contributed by atoms with Gasteiger partial charge in [-0.1, -0.05) is 6.07 Å². The Morgan fingerprint density at radius 3 is 2.62 bits per heavy atom. The number of nitrogens with zero attached hydrogens (tertiary/aromatic N) is 2. The third-order valence-electron chi connectivity index (χ3n) is 3.44. The molecule has 2 heterocycles. The minimum Gasteiger partial charge on any atom is -0.476 e. The first-order chi connectivity index (χ1) is 10.1. The van der Waals surface area contributed by atoms with E-state index in [-0.39, 0.29) is 5.69 Å². The van der Waals surface area contributed by atoms with Gasteiger partial charge in [-0.3, -0.25) is 0 Å². The zero-order valence-electron chi connectivity index (χ0n) is 11.7. The van der Waals surface area contributed by atoms with Crippen LogP contribution in [0, 0.1) is 13.8 Å². The predicted octanol–water partition coefficient (Wildman–Crippen LogP) is 3.45. The van der Waals surface area contributed by atoms with Crippen molar-refractivity contribution in [2.24, 2.45) is 0 Å². The highest BCUT2D eigenvalue weighted by Crippen LogP contribution is 2.25. The molecule has 5 heteroatoms. The van der Waals surface area contributed by atoms with Gasteiger partial charge in [-0.25, -0.2) is 9.48 Å². The molecule has 1 aromatic carbocycles. The number of aryl methyl sites for hydroxylation is 2. The second-order valence-corrected chi connectivity index (χ2v) is 4.88. The Morgan fingerprint density at radius 2 is 2.00 bits per heavy atom. The van der Waals surface area contributed by atoms with Crippen LogP contribution in [0.2, 0.25) is 0 Å². The van der Waals surface area contributed by atoms with Crippen molar-refractivity contribution < 1.29 is 14.3 Å². The van der Waals surface area contributed by atoms with Gasteiger partial charge < -0.3 is 9.52 Å². The largest absolute Gasteiger partial charge is 0.476 e. The minimum absolute atomic E-state index is 0.0142. The van der Waals surface area contributed by atoms with Gasteiger partial charge in [-0.15, -0.1) is 0 Å². The molecule has 0 bridgehead atoms. The number of carboxylic acid groups (broad SMARTS) is 1. The summed E-state index contributed by atoms with van der Waals surface area (Å²) in [4.78, 5) is 11.2. The molecular weight excluding hydrogens is 268 g/mol. The zero-order chi connectivity index (χ0) is 15.0. The molecule has 0 atom stereocenters. The maximum absolute atomic E-state index is 11.2. The monoisotopic (exact) mass is 282 g/mol. The standard InChI is InChI=1S/C16H14N2O3/c1-10-5-6-12(8-11(10)2)18-14(15-4-3-7-21-15)9-13(17-18)16(19)20/h3-9H,1-2H3,(H,19,20). The molecule has 0 saturated heterocycles. The topological polar surface area (TPSA) is 68.3 Å². The van der Waals surface area contributed by atoms with Crippen LogP contribution < -0.4 is 0 Å². The van der Waals surface area contributed by atoms with E-state index in [0.29, 0.717) is 11.5 Å². The highest BCUT2D eigenvalue weighted by Gasteiger charge is 2.17. The van der Waals surface area contributed by atoms with E-state index in [9.17, 15) is 4.79 Å². The first kappa shape index (κ1) is 13.2. The van der Waals surface area contributed by atoms with Crippen molar-refractivity contribution in [3.05, 3.63) is 59.5 Å². The minimum atomic E-state index is -1.06. The summed E-state index contributed by atoms with van der Waals surface area (Å²) in [7, 11) is 0. The number of carboxylic acids is 1. The Balaban J connectivity index is 2.20. The Hall–Kier alpha value is -2.82. The summed E-state index contributed by atoms with van der Waals surface area (Å²) in [5.74, 6) is -0.487. The van der Waals surface area contributed by atoms with E-state index in [1.807, 2.05) is 32.0 Å². The Morgan fingerprint density at radius 1 is 1.19 bits per heavy atom. The lowest BCUT2D eigenvalue weighted by molar-refractivity contribution is 0.0690. The zero-order valence-corrected chi connectivity index (χ0v) is 11.7. The number of benzene rings is 1. The lowest BCUT2D eigenvalue weighted by Gasteiger charge is -2.08. The lowest BCUT2D eigenvalue weighted by atomic mass is 10.1. The van der Waals surface area contributed by atoms with E-state index in [4.69, 9.17) is 9.52 Å². The van der Waals surface area contributed by atoms with Crippen molar-refractivity contribution in [2.45, 2.75) is 13.8 Å². The van der Waals surface area contributed by atoms with Gasteiger partial charge in [0.2, 0.25) is 0 Å². The number of rotatable bonds is 3. The third kappa shape index (κ3) is 2.33. The molecule has 0 fully saturated rings. The highest BCUT2D eigenvalue weighted by molar-refractivity contribution is 5.87. The van der Waals surface area contributed by atoms with Gasteiger partial charge in [0.15, 0.2) is 11.5 Å². The van der Waals surface area contributed by atoms with Crippen molar-refractivity contribution in [2.75, 3.05) is 0 Å². The van der Waals surface area contributed by atoms with E-state index < -0.39 is 5.97 Å². The molecule has 0 aliphatic heterocycles. The number of hydrogen-bond acceptors (Lipinski definition) is 3. The van der Waals surface area contributed by atoms with Gasteiger partial charge in [0.1, 0.15) is 5.69 Å². The molecule has 0 saturated carbocycles. The van der Waals surface area contributed by atoms with E-state index in [1.165, 1.54) is 11.6 Å². The first-order valence-electron chi connectivity index (χ1n) is 6.51. The summed E-state index contributed by atoms with van der Waals surface area (Å²) in [6.45, 7) is 4.03. The molecule has 106 valence electrons. The van der Waals surface area contributed by atoms with Crippen molar-refractivity contribution >= 4 is 5.97 Å². The normalized spacial score (nSPS) is 10.8. The number of aromatic carboxylic acids is 1. The molecule has 0 radical (unpaired) electrons. The fraction of sp³-hybridized carbons (Fsp3) is 0.125. The molecule has 0 aliphatic carbocycles. The van der Waals surface area contributed by atoms with E-state index in [2.05, 4.69) is 5.10 Å². The molecule has 3 aromatic rings. The number of hydrogen-bond donors (Lipinski definition) is 1. The van der Waals surface area contributed by atoms with E-state index >= 15 is 0 Å². The summed E-state index contributed by atoms with van der Waals surface area (Å²) in [5.41, 5.74) is 3.69. The number of furan rings is 1. The van der Waals surface area contributed by atoms with Crippen LogP contribution in [-0.2, 0) is 0 Å². The third-order valence-corrected chi connectivity index (χ3v) is 3.44. The van der Waals surface area contributed by atoms with Gasteiger partial charge in [-0.05, 0) is 49.2 Å². The molecular formula is C16H14N2O3. The fourth-order valence-corrected chi connectivity index (χ4v) is 2.14. The molecule has 0 unspecified atom stereocenters. The van der Waals surface area contributed by atoms with E-state index in [1.54, 1.807) is 23.1 Å². The number of aromatic nitrogens is 2. The van der Waals surface area contributed by atoms with Crippen LogP contribution in [0.5, 0.6) is 0 Å². The van der Waals surface area contributed by atoms with Crippen LogP contribution >= 0.6 is 0 Å². The van der Waals surface area contributed by atoms with Gasteiger partial charge in [0.25, 0.3) is 0 Å². The molecule has 0 aliphatic rings. The van der Waals surface area contributed by atoms with Gasteiger partial charge in [0.05, 0.1) is 12.0 Å². The molecule has 1 N–H and O–H groups in total. The second-order valence-electron chi connectivity index (χ2n) is 4.88. The predicted molar refractivity (Wildman–Crippen MR) is 77.7 cm³/mol. The van der Waals surface area contributed by atoms with Gasteiger partial charge in [-0.2, -0.15) is 5.10 Å². The van der Waals surface area contributed by atoms with E-state index in [0.717, 1.165) is 11.3 Å². The fourth-order valence-electron chi connectivity index (χ4n) is 2.14. The molecule has 21 heavy (non-hydrogen) atoms. The van der Waals surface area contributed by atoms with Crippen LogP contribution in [0.15, 0.2) is 47.1 Å². The molecule has 0 spiro atoms. The summed E-state index contributed by atoms with van der Waals surface area (Å²) in [6.07, 6.45) is 1.55. The van der Waals surface area contributed by atoms with Crippen LogP contribution in [0.4, 0.5) is 0 Å². The average Bonchev–Trinajstić information content (AvgIpc) is 3.09. The average molecular weight is 282 g/mol. The lowest BCUT2D eigenvalue weighted by Crippen LogP contribution is -2.02. The van der Waals surface area contributed by atoms with Crippen molar-refractivity contribution in [1.29, 1.82) is 0 Å². The molecule has 2 aromatic heterocycles. The quantitative estimate of drug-likeness (QED) is 0.799. The maximum Gasteiger partial charge on any atom is 0.356 e. The van der Waals surface area contributed by atoms with Crippen molar-refractivity contribution in [3.63, 3.8) is 0 Å². The summed E-state index contributed by atoms with van der Waals surface area (Å²) in [5, 5.41) is 13.3. The highest BCUT2D eigenvalue weighted by atomic mass is 16.4. The smallest absolute Gasteiger partial charge is 0.356 e. The molecule has 0 amide bonds. The van der Waals surface area contributed by atoms with Crippen molar-refractivity contribution in [1.82, 2.24) is 9.78 Å². The van der Waals surface area contributed by atoms with Crippen LogP contribution in [-0.4, -0.2) is 20.9 Å². The van der Waals surface area contributed by atoms with Gasteiger partial charge >= 0.3 is 5.97 Å². The number of carbonyl (C=O) groups is 1. The van der Waals surface area contributed by atoms with Crippen molar-refractivity contribution in [3.8, 4) is 17.1 Å². The maximum atomic E-state index is 11.2. The molecule has 3 rings (SSSR count). The summed E-state index contributed by atoms with van der Waals surface area (Å²) in [6, 6.07) is 10.9. The Labute approximate surface area is 121 Å². The van der Waals surface area contributed by atoms with Crippen LogP contribution in [0.3, 0.4) is 0 Å². The van der Waals surface area contributed by atoms with Crippen LogP contribution in [0.1, 0.15) is 21.6 Å². The summed E-state index contributed by atoms with van der Waals surface area (Å²) < 4.78 is 6.97. The van der Waals surface area contributed by atoms with Gasteiger partial charge in [0, 0.05) is 6.07 Å². The molecule has 5 nitrogen and oxygen atoms in total. The summed E-state index contributed by atoms with van der Waals surface area (Å²) >= 11 is 0. The second kappa shape index (κ2) is 4.94.